The quantitative estimate of drug-likeness (QED) is 0.697. The molecule has 0 fully saturated rings. The van der Waals surface area contributed by atoms with Crippen LogP contribution in [0.3, 0.4) is 0 Å². The summed E-state index contributed by atoms with van der Waals surface area (Å²) in [5.74, 6) is 1.10. The van der Waals surface area contributed by atoms with Crippen molar-refractivity contribution in [2.24, 2.45) is 0 Å². The highest BCUT2D eigenvalue weighted by atomic mass is 32.1. The van der Waals surface area contributed by atoms with Crippen molar-refractivity contribution in [2.75, 3.05) is 5.32 Å². The number of fused-ring (bicyclic) bond motifs is 3. The number of aromatic amines is 1. The van der Waals surface area contributed by atoms with Crippen molar-refractivity contribution >= 4 is 44.1 Å². The van der Waals surface area contributed by atoms with Gasteiger partial charge < -0.3 is 10.3 Å². The first-order valence-electron chi connectivity index (χ1n) is 8.99. The van der Waals surface area contributed by atoms with Gasteiger partial charge in [-0.2, -0.15) is 4.37 Å². The number of aromatic nitrogens is 4. The maximum absolute atomic E-state index is 12.4. The van der Waals surface area contributed by atoms with E-state index < -0.39 is 0 Å². The molecule has 0 aromatic carbocycles. The Balaban J connectivity index is 1.43. The Morgan fingerprint density at radius 2 is 2.07 bits per heavy atom. The number of carbonyl (C=O) groups is 1. The second-order valence-electron chi connectivity index (χ2n) is 7.77. The largest absolute Gasteiger partial charge is 0.310 e. The van der Waals surface area contributed by atoms with Crippen molar-refractivity contribution in [3.8, 4) is 0 Å². The van der Waals surface area contributed by atoms with E-state index in [4.69, 9.17) is 0 Å². The molecule has 2 N–H and O–H groups in total. The normalized spacial score (nSPS) is 13.9. The van der Waals surface area contributed by atoms with Crippen LogP contribution in [0, 0.1) is 0 Å². The number of hydrogen-bond donors (Lipinski definition) is 2. The Morgan fingerprint density at radius 3 is 2.81 bits per heavy atom. The molecule has 0 radical (unpaired) electrons. The zero-order valence-corrected chi connectivity index (χ0v) is 17.1. The van der Waals surface area contributed by atoms with E-state index in [9.17, 15) is 9.59 Å². The molecular formula is C18H21N5O2S2. The van der Waals surface area contributed by atoms with Gasteiger partial charge in [0.25, 0.3) is 5.56 Å². The Morgan fingerprint density at radius 1 is 1.26 bits per heavy atom. The molecule has 0 spiro atoms. The summed E-state index contributed by atoms with van der Waals surface area (Å²) in [6, 6.07) is 0. The lowest BCUT2D eigenvalue weighted by Gasteiger charge is -2.12. The van der Waals surface area contributed by atoms with Crippen molar-refractivity contribution in [2.45, 2.75) is 58.3 Å². The van der Waals surface area contributed by atoms with Crippen LogP contribution in [0.5, 0.6) is 0 Å². The molecular weight excluding hydrogens is 382 g/mol. The third kappa shape index (κ3) is 3.66. The molecule has 3 aromatic heterocycles. The van der Waals surface area contributed by atoms with Gasteiger partial charge in [-0.3, -0.25) is 9.59 Å². The average molecular weight is 404 g/mol. The molecule has 7 nitrogen and oxygen atoms in total. The highest BCUT2D eigenvalue weighted by molar-refractivity contribution is 7.18. The minimum atomic E-state index is -0.164. The van der Waals surface area contributed by atoms with Gasteiger partial charge in [-0.1, -0.05) is 20.8 Å². The molecule has 3 heterocycles. The molecule has 0 aliphatic heterocycles. The van der Waals surface area contributed by atoms with E-state index in [-0.39, 0.29) is 23.3 Å². The van der Waals surface area contributed by atoms with Gasteiger partial charge in [0, 0.05) is 34.7 Å². The first kappa shape index (κ1) is 18.2. The Bertz CT molecular complexity index is 1070. The number of rotatable bonds is 4. The molecule has 9 heteroatoms. The number of anilines is 1. The predicted octanol–water partition coefficient (Wildman–Crippen LogP) is 3.19. The number of aryl methyl sites for hydroxylation is 3. The second kappa shape index (κ2) is 6.79. The summed E-state index contributed by atoms with van der Waals surface area (Å²) in [5.41, 5.74) is 0.923. The topological polar surface area (TPSA) is 101 Å². The maximum atomic E-state index is 12.4. The molecule has 1 amide bonds. The third-order valence-corrected chi connectivity index (χ3v) is 6.37. The number of nitrogens with one attached hydrogen (secondary N) is 2. The SMILES string of the molecule is CC(C)(C)c1nsc(NC(=O)CCc2nc3sc4c(c3c(=O)[nH]2)CCC4)n1. The van der Waals surface area contributed by atoms with Gasteiger partial charge in [0.15, 0.2) is 0 Å². The number of thiophene rings is 1. The molecule has 3 aromatic rings. The van der Waals surface area contributed by atoms with Gasteiger partial charge in [0.1, 0.15) is 16.5 Å². The van der Waals surface area contributed by atoms with Gasteiger partial charge in [0.2, 0.25) is 11.0 Å². The van der Waals surface area contributed by atoms with Crippen LogP contribution in [0.25, 0.3) is 10.2 Å². The van der Waals surface area contributed by atoms with Crippen LogP contribution in [-0.2, 0) is 29.5 Å². The Labute approximate surface area is 164 Å². The van der Waals surface area contributed by atoms with E-state index in [0.29, 0.717) is 23.2 Å². The monoisotopic (exact) mass is 403 g/mol. The number of nitrogens with zero attached hydrogens (tertiary/aromatic N) is 3. The molecule has 0 saturated heterocycles. The van der Waals surface area contributed by atoms with Gasteiger partial charge in [-0.15, -0.1) is 11.3 Å². The molecule has 0 saturated carbocycles. The summed E-state index contributed by atoms with van der Waals surface area (Å²) >= 11 is 2.79. The van der Waals surface area contributed by atoms with Crippen LogP contribution in [0.4, 0.5) is 5.13 Å². The van der Waals surface area contributed by atoms with E-state index >= 15 is 0 Å². The summed E-state index contributed by atoms with van der Waals surface area (Å²) < 4.78 is 4.29. The van der Waals surface area contributed by atoms with Crippen molar-refractivity contribution < 1.29 is 4.79 Å². The van der Waals surface area contributed by atoms with Gasteiger partial charge in [0.05, 0.1) is 5.39 Å². The van der Waals surface area contributed by atoms with Crippen LogP contribution in [-0.4, -0.2) is 25.2 Å². The number of H-pyrrole nitrogens is 1. The summed E-state index contributed by atoms with van der Waals surface area (Å²) in [5, 5.41) is 4.01. The number of amides is 1. The van der Waals surface area contributed by atoms with Crippen molar-refractivity contribution in [1.82, 2.24) is 19.3 Å². The highest BCUT2D eigenvalue weighted by Crippen LogP contribution is 2.34. The fraction of sp³-hybridized carbons (Fsp3) is 0.500. The zero-order valence-electron chi connectivity index (χ0n) is 15.5. The summed E-state index contributed by atoms with van der Waals surface area (Å²) in [6.07, 6.45) is 3.71. The zero-order chi connectivity index (χ0) is 19.2. The van der Waals surface area contributed by atoms with E-state index in [1.54, 1.807) is 11.3 Å². The van der Waals surface area contributed by atoms with E-state index in [0.717, 1.165) is 29.5 Å². The number of carbonyl (C=O) groups excluding carboxylic acids is 1. The molecule has 0 bridgehead atoms. The van der Waals surface area contributed by atoms with Crippen LogP contribution in [0.1, 0.15) is 55.7 Å². The van der Waals surface area contributed by atoms with Gasteiger partial charge in [-0.05, 0) is 24.8 Å². The Hall–Kier alpha value is -2.13. The summed E-state index contributed by atoms with van der Waals surface area (Å²) in [4.78, 5) is 38.5. The molecule has 0 atom stereocenters. The summed E-state index contributed by atoms with van der Waals surface area (Å²) in [7, 11) is 0. The first-order chi connectivity index (χ1) is 12.8. The Kier molecular flexibility index (Phi) is 4.59. The minimum Gasteiger partial charge on any atom is -0.310 e. The lowest BCUT2D eigenvalue weighted by molar-refractivity contribution is -0.116. The first-order valence-corrected chi connectivity index (χ1v) is 10.6. The van der Waals surface area contributed by atoms with Crippen LogP contribution in [0.15, 0.2) is 4.79 Å². The van der Waals surface area contributed by atoms with E-state index in [1.165, 1.54) is 22.0 Å². The van der Waals surface area contributed by atoms with Crippen LogP contribution >= 0.6 is 22.9 Å². The molecule has 1 aliphatic rings. The molecule has 27 heavy (non-hydrogen) atoms. The minimum absolute atomic E-state index is 0.0891. The van der Waals surface area contributed by atoms with Crippen LogP contribution in [0.2, 0.25) is 0 Å². The molecule has 1 aliphatic carbocycles. The van der Waals surface area contributed by atoms with E-state index in [1.807, 2.05) is 20.8 Å². The molecule has 142 valence electrons. The van der Waals surface area contributed by atoms with E-state index in [2.05, 4.69) is 24.6 Å². The molecule has 4 rings (SSSR count). The average Bonchev–Trinajstić information content (AvgIpc) is 3.27. The van der Waals surface area contributed by atoms with Crippen molar-refractivity contribution in [3.05, 3.63) is 32.4 Å². The molecule has 0 unspecified atom stereocenters. The van der Waals surface area contributed by atoms with Gasteiger partial charge >= 0.3 is 0 Å². The maximum Gasteiger partial charge on any atom is 0.259 e. The highest BCUT2D eigenvalue weighted by Gasteiger charge is 2.22. The second-order valence-corrected chi connectivity index (χ2v) is 9.61. The van der Waals surface area contributed by atoms with Crippen LogP contribution < -0.4 is 10.9 Å². The smallest absolute Gasteiger partial charge is 0.259 e. The van der Waals surface area contributed by atoms with Crippen molar-refractivity contribution in [3.63, 3.8) is 0 Å². The third-order valence-electron chi connectivity index (χ3n) is 4.56. The lowest BCUT2D eigenvalue weighted by atomic mass is 9.96. The van der Waals surface area contributed by atoms with Gasteiger partial charge in [-0.25, -0.2) is 9.97 Å². The fourth-order valence-electron chi connectivity index (χ4n) is 3.16. The summed E-state index contributed by atoms with van der Waals surface area (Å²) in [6.45, 7) is 6.08. The lowest BCUT2D eigenvalue weighted by Crippen LogP contribution is -2.17. The number of hydrogen-bond acceptors (Lipinski definition) is 7. The predicted molar refractivity (Wildman–Crippen MR) is 108 cm³/mol. The van der Waals surface area contributed by atoms with Crippen molar-refractivity contribution in [1.29, 1.82) is 0 Å². The standard InChI is InChI=1S/C18H21N5O2S2/c1-18(2,3)16-22-17(27-23-16)21-12(24)8-7-11-19-14(25)13-9-5-4-6-10(9)26-15(13)20-11/h4-8H2,1-3H3,(H,19,20,25)(H,21,22,23,24). The fourth-order valence-corrected chi connectivity index (χ4v) is 5.21.